The van der Waals surface area contributed by atoms with Crippen molar-refractivity contribution in [2.45, 2.75) is 19.5 Å². The molecule has 3 aromatic rings. The lowest BCUT2D eigenvalue weighted by Gasteiger charge is -2.12. The quantitative estimate of drug-likeness (QED) is 0.558. The Morgan fingerprint density at radius 3 is 2.36 bits per heavy atom. The van der Waals surface area contributed by atoms with Crippen LogP contribution in [0.3, 0.4) is 0 Å². The average molecular weight is 390 g/mol. The number of rotatable bonds is 6. The van der Waals surface area contributed by atoms with Crippen LogP contribution in [0.15, 0.2) is 54.6 Å². The zero-order chi connectivity index (χ0) is 20.1. The largest absolute Gasteiger partial charge is 0.416 e. The van der Waals surface area contributed by atoms with Crippen LogP contribution in [-0.2, 0) is 12.6 Å². The van der Waals surface area contributed by atoms with E-state index < -0.39 is 11.7 Å². The summed E-state index contributed by atoms with van der Waals surface area (Å²) < 4.78 is 51.5. The molecule has 1 aromatic heterocycles. The topological polar surface area (TPSA) is 49.8 Å². The molecule has 0 aliphatic rings. The second-order valence-electron chi connectivity index (χ2n) is 6.19. The highest BCUT2D eigenvalue weighted by molar-refractivity contribution is 5.60. The average Bonchev–Trinajstić information content (AvgIpc) is 2.62. The molecule has 0 fully saturated rings. The van der Waals surface area contributed by atoms with Crippen molar-refractivity contribution in [3.8, 4) is 0 Å². The van der Waals surface area contributed by atoms with Gasteiger partial charge in [-0.1, -0.05) is 18.2 Å². The Labute approximate surface area is 159 Å². The Morgan fingerprint density at radius 2 is 1.64 bits per heavy atom. The third kappa shape index (κ3) is 5.42. The van der Waals surface area contributed by atoms with E-state index >= 15 is 0 Å². The van der Waals surface area contributed by atoms with Gasteiger partial charge < -0.3 is 10.6 Å². The molecule has 2 aromatic carbocycles. The molecule has 0 saturated carbocycles. The summed E-state index contributed by atoms with van der Waals surface area (Å²) in [5.41, 5.74) is 0.521. The number of nitrogens with zero attached hydrogens (tertiary/aromatic N) is 2. The second-order valence-corrected chi connectivity index (χ2v) is 6.19. The minimum atomic E-state index is -4.41. The van der Waals surface area contributed by atoms with Gasteiger partial charge in [-0.05, 0) is 49.2 Å². The number of halogens is 4. The molecule has 2 N–H and O–H groups in total. The zero-order valence-electron chi connectivity index (χ0n) is 15.0. The Balaban J connectivity index is 1.67. The molecule has 0 aliphatic heterocycles. The fourth-order valence-corrected chi connectivity index (χ4v) is 2.63. The number of benzene rings is 2. The summed E-state index contributed by atoms with van der Waals surface area (Å²) >= 11 is 0. The molecular formula is C20H18F4N4. The fourth-order valence-electron chi connectivity index (χ4n) is 2.63. The predicted molar refractivity (Wildman–Crippen MR) is 100 cm³/mol. The number of anilines is 3. The minimum Gasteiger partial charge on any atom is -0.370 e. The maximum absolute atomic E-state index is 12.9. The number of aryl methyl sites for hydroxylation is 1. The van der Waals surface area contributed by atoms with Gasteiger partial charge in [0.15, 0.2) is 0 Å². The van der Waals surface area contributed by atoms with Crippen molar-refractivity contribution in [3.05, 3.63) is 77.4 Å². The van der Waals surface area contributed by atoms with Crippen molar-refractivity contribution < 1.29 is 17.6 Å². The summed E-state index contributed by atoms with van der Waals surface area (Å²) in [7, 11) is 0. The van der Waals surface area contributed by atoms with Gasteiger partial charge in [-0.2, -0.15) is 13.2 Å². The van der Waals surface area contributed by atoms with E-state index in [9.17, 15) is 17.6 Å². The number of hydrogen-bond donors (Lipinski definition) is 2. The van der Waals surface area contributed by atoms with Crippen LogP contribution >= 0.6 is 0 Å². The molecule has 4 nitrogen and oxygen atoms in total. The first-order valence-electron chi connectivity index (χ1n) is 8.58. The van der Waals surface area contributed by atoms with Gasteiger partial charge in [0.25, 0.3) is 0 Å². The van der Waals surface area contributed by atoms with Crippen molar-refractivity contribution in [3.63, 3.8) is 0 Å². The van der Waals surface area contributed by atoms with E-state index in [2.05, 4.69) is 20.6 Å². The van der Waals surface area contributed by atoms with E-state index in [1.807, 2.05) is 0 Å². The van der Waals surface area contributed by atoms with Crippen LogP contribution in [0.5, 0.6) is 0 Å². The van der Waals surface area contributed by atoms with Gasteiger partial charge >= 0.3 is 6.18 Å². The van der Waals surface area contributed by atoms with E-state index in [4.69, 9.17) is 0 Å². The first-order valence-corrected chi connectivity index (χ1v) is 8.58. The van der Waals surface area contributed by atoms with Crippen LogP contribution in [0.2, 0.25) is 0 Å². The molecule has 146 valence electrons. The minimum absolute atomic E-state index is 0.283. The molecule has 0 radical (unpaired) electrons. The van der Waals surface area contributed by atoms with Crippen LogP contribution in [0.25, 0.3) is 0 Å². The van der Waals surface area contributed by atoms with Gasteiger partial charge in [-0.25, -0.2) is 14.4 Å². The smallest absolute Gasteiger partial charge is 0.370 e. The van der Waals surface area contributed by atoms with Crippen molar-refractivity contribution in [1.82, 2.24) is 9.97 Å². The van der Waals surface area contributed by atoms with Crippen molar-refractivity contribution >= 4 is 17.3 Å². The summed E-state index contributed by atoms with van der Waals surface area (Å²) in [6, 6.07) is 12.8. The normalized spacial score (nSPS) is 11.3. The lowest BCUT2D eigenvalue weighted by molar-refractivity contribution is -0.137. The molecule has 0 unspecified atom stereocenters. The standard InChI is InChI=1S/C20H18F4N4/c1-13-26-18(25-10-9-14-5-7-16(21)8-6-14)12-19(27-13)28-17-4-2-3-15(11-17)20(22,23)24/h2-8,11-12H,9-10H2,1H3,(H2,25,26,27,28). The molecule has 3 rings (SSSR count). The van der Waals surface area contributed by atoms with E-state index in [1.54, 1.807) is 25.1 Å². The van der Waals surface area contributed by atoms with Crippen molar-refractivity contribution in [2.75, 3.05) is 17.2 Å². The number of aromatic nitrogens is 2. The lowest BCUT2D eigenvalue weighted by atomic mass is 10.1. The van der Waals surface area contributed by atoms with E-state index in [-0.39, 0.29) is 11.5 Å². The summed E-state index contributed by atoms with van der Waals surface area (Å²) in [5, 5.41) is 6.02. The van der Waals surface area contributed by atoms with Gasteiger partial charge in [0, 0.05) is 18.3 Å². The maximum Gasteiger partial charge on any atom is 0.416 e. The molecule has 0 bridgehead atoms. The Morgan fingerprint density at radius 1 is 0.929 bits per heavy atom. The lowest BCUT2D eigenvalue weighted by Crippen LogP contribution is -2.09. The summed E-state index contributed by atoms with van der Waals surface area (Å²) in [5.74, 6) is 1.12. The maximum atomic E-state index is 12.9. The van der Waals surface area contributed by atoms with Crippen LogP contribution in [0, 0.1) is 12.7 Å². The van der Waals surface area contributed by atoms with Gasteiger partial charge in [0.05, 0.1) is 5.56 Å². The van der Waals surface area contributed by atoms with Crippen LogP contribution in [0.1, 0.15) is 17.0 Å². The van der Waals surface area contributed by atoms with Crippen LogP contribution in [0.4, 0.5) is 34.9 Å². The first-order chi connectivity index (χ1) is 13.3. The van der Waals surface area contributed by atoms with Gasteiger partial charge in [-0.3, -0.25) is 0 Å². The summed E-state index contributed by atoms with van der Waals surface area (Å²) in [6.07, 6.45) is -3.74. The van der Waals surface area contributed by atoms with Crippen LogP contribution in [-0.4, -0.2) is 16.5 Å². The first kappa shape index (κ1) is 19.6. The molecule has 28 heavy (non-hydrogen) atoms. The van der Waals surface area contributed by atoms with E-state index in [0.717, 1.165) is 17.7 Å². The molecule has 0 amide bonds. The Bertz CT molecular complexity index is 940. The van der Waals surface area contributed by atoms with Gasteiger partial charge in [0.1, 0.15) is 23.3 Å². The molecule has 0 atom stereocenters. The summed E-state index contributed by atoms with van der Waals surface area (Å²) in [4.78, 5) is 8.49. The third-order valence-corrected chi connectivity index (χ3v) is 3.93. The van der Waals surface area contributed by atoms with Gasteiger partial charge in [0.2, 0.25) is 0 Å². The molecule has 1 heterocycles. The highest BCUT2D eigenvalue weighted by Crippen LogP contribution is 2.31. The third-order valence-electron chi connectivity index (χ3n) is 3.93. The molecule has 0 spiro atoms. The SMILES string of the molecule is Cc1nc(NCCc2ccc(F)cc2)cc(Nc2cccc(C(F)(F)F)c2)n1. The van der Waals surface area contributed by atoms with Crippen molar-refractivity contribution in [1.29, 1.82) is 0 Å². The van der Waals surface area contributed by atoms with Crippen LogP contribution < -0.4 is 10.6 Å². The highest BCUT2D eigenvalue weighted by Gasteiger charge is 2.30. The fraction of sp³-hybridized carbons (Fsp3) is 0.200. The number of alkyl halides is 3. The van der Waals surface area contributed by atoms with E-state index in [0.29, 0.717) is 30.4 Å². The van der Waals surface area contributed by atoms with Gasteiger partial charge in [-0.15, -0.1) is 0 Å². The molecule has 0 saturated heterocycles. The molecular weight excluding hydrogens is 372 g/mol. The Kier molecular flexibility index (Phi) is 5.77. The molecule has 0 aliphatic carbocycles. The zero-order valence-corrected chi connectivity index (χ0v) is 15.0. The second kappa shape index (κ2) is 8.24. The monoisotopic (exact) mass is 390 g/mol. The predicted octanol–water partition coefficient (Wildman–Crippen LogP) is 5.34. The number of hydrogen-bond acceptors (Lipinski definition) is 4. The highest BCUT2D eigenvalue weighted by atomic mass is 19.4. The van der Waals surface area contributed by atoms with Crippen molar-refractivity contribution in [2.24, 2.45) is 0 Å². The number of nitrogens with one attached hydrogen (secondary N) is 2. The molecule has 8 heteroatoms. The van der Waals surface area contributed by atoms with E-state index in [1.165, 1.54) is 24.3 Å². The summed E-state index contributed by atoms with van der Waals surface area (Å²) in [6.45, 7) is 2.26. The Hall–Kier alpha value is -3.16.